The first-order valence-corrected chi connectivity index (χ1v) is 7.65. The molecule has 0 aromatic carbocycles. The van der Waals surface area contributed by atoms with Crippen LogP contribution in [0.15, 0.2) is 22.5 Å². The Balaban J connectivity index is 2.73. The van der Waals surface area contributed by atoms with Crippen molar-refractivity contribution in [1.29, 1.82) is 0 Å². The predicted molar refractivity (Wildman–Crippen MR) is 83.8 cm³/mol. The van der Waals surface area contributed by atoms with Gasteiger partial charge < -0.3 is 4.74 Å². The maximum Gasteiger partial charge on any atom is 0.311 e. The second kappa shape index (κ2) is 7.54. The molecule has 2 nitrogen and oxygen atoms in total. The van der Waals surface area contributed by atoms with Gasteiger partial charge in [0.05, 0.1) is 5.92 Å². The van der Waals surface area contributed by atoms with E-state index < -0.39 is 23.8 Å². The number of carbonyl (C=O) groups excluding carboxylic acids is 1. The summed E-state index contributed by atoms with van der Waals surface area (Å²) >= 11 is 16.7. The first-order chi connectivity index (χ1) is 9.75. The van der Waals surface area contributed by atoms with Crippen molar-refractivity contribution in [1.82, 2.24) is 0 Å². The van der Waals surface area contributed by atoms with E-state index in [1.165, 1.54) is 6.08 Å². The van der Waals surface area contributed by atoms with Crippen LogP contribution in [0.1, 0.15) is 20.3 Å². The van der Waals surface area contributed by atoms with Gasteiger partial charge in [0.2, 0.25) is 6.10 Å². The van der Waals surface area contributed by atoms with Crippen molar-refractivity contribution in [3.63, 3.8) is 0 Å². The molecular formula is C15H16Cl3FO2. The van der Waals surface area contributed by atoms with Crippen LogP contribution in [0.25, 0.3) is 0 Å². The molecule has 0 radical (unpaired) electrons. The predicted octanol–water partition coefficient (Wildman–Crippen LogP) is 4.60. The lowest BCUT2D eigenvalue weighted by Crippen LogP contribution is -2.20. The Labute approximate surface area is 139 Å². The zero-order chi connectivity index (χ0) is 16.2. The molecule has 116 valence electrons. The minimum absolute atomic E-state index is 0.0880. The van der Waals surface area contributed by atoms with E-state index in [1.54, 1.807) is 6.08 Å². The number of hydrogen-bond donors (Lipinski definition) is 0. The normalized spacial score (nSPS) is 24.7. The van der Waals surface area contributed by atoms with E-state index in [0.29, 0.717) is 6.42 Å². The first kappa shape index (κ1) is 18.4. The number of esters is 1. The molecule has 3 atom stereocenters. The van der Waals surface area contributed by atoms with Crippen LogP contribution in [0, 0.1) is 29.6 Å². The minimum atomic E-state index is -1.33. The lowest BCUT2D eigenvalue weighted by molar-refractivity contribution is -0.148. The summed E-state index contributed by atoms with van der Waals surface area (Å²) in [5, 5.41) is 0. The second-order valence-corrected chi connectivity index (χ2v) is 6.72. The van der Waals surface area contributed by atoms with E-state index in [9.17, 15) is 9.18 Å². The van der Waals surface area contributed by atoms with Crippen molar-refractivity contribution in [2.45, 2.75) is 26.4 Å². The summed E-state index contributed by atoms with van der Waals surface area (Å²) in [7, 11) is 0. The van der Waals surface area contributed by atoms with Crippen LogP contribution in [0.3, 0.4) is 0 Å². The molecule has 3 unspecified atom stereocenters. The Morgan fingerprint density at radius 2 is 2.14 bits per heavy atom. The lowest BCUT2D eigenvalue weighted by atomic mass is 10.1. The van der Waals surface area contributed by atoms with Crippen molar-refractivity contribution in [2.75, 3.05) is 5.88 Å². The van der Waals surface area contributed by atoms with Crippen LogP contribution < -0.4 is 0 Å². The van der Waals surface area contributed by atoms with Gasteiger partial charge in [-0.1, -0.05) is 43.0 Å². The van der Waals surface area contributed by atoms with Crippen LogP contribution >= 0.6 is 34.8 Å². The van der Waals surface area contributed by atoms with Gasteiger partial charge in [-0.05, 0) is 29.9 Å². The number of halogens is 4. The number of alkyl halides is 1. The molecule has 1 fully saturated rings. The van der Waals surface area contributed by atoms with Gasteiger partial charge in [-0.3, -0.25) is 4.79 Å². The largest absolute Gasteiger partial charge is 0.441 e. The molecule has 0 aromatic heterocycles. The number of allylic oxidation sites excluding steroid dienone is 2. The SMILES string of the molecule is C#CC(OC(=O)C1C(C=C(Cl)Cl)C1(C)C)/C(F)=C/CCCl. The van der Waals surface area contributed by atoms with E-state index in [1.807, 2.05) is 13.8 Å². The van der Waals surface area contributed by atoms with E-state index in [0.717, 1.165) is 0 Å². The molecular weight excluding hydrogens is 338 g/mol. The van der Waals surface area contributed by atoms with Gasteiger partial charge in [-0.25, -0.2) is 4.39 Å². The second-order valence-electron chi connectivity index (χ2n) is 5.33. The molecule has 0 bridgehead atoms. The summed E-state index contributed by atoms with van der Waals surface area (Å²) in [4.78, 5) is 12.1. The van der Waals surface area contributed by atoms with E-state index in [2.05, 4.69) is 5.92 Å². The number of hydrogen-bond acceptors (Lipinski definition) is 2. The molecule has 1 saturated carbocycles. The average molecular weight is 354 g/mol. The molecule has 0 saturated heterocycles. The highest BCUT2D eigenvalue weighted by atomic mass is 35.5. The summed E-state index contributed by atoms with van der Waals surface area (Å²) < 4.78 is 18.9. The zero-order valence-electron chi connectivity index (χ0n) is 11.7. The lowest BCUT2D eigenvalue weighted by Gasteiger charge is -2.11. The minimum Gasteiger partial charge on any atom is -0.441 e. The van der Waals surface area contributed by atoms with Gasteiger partial charge in [0.25, 0.3) is 0 Å². The monoisotopic (exact) mass is 352 g/mol. The van der Waals surface area contributed by atoms with Crippen LogP contribution in [0.5, 0.6) is 0 Å². The molecule has 21 heavy (non-hydrogen) atoms. The van der Waals surface area contributed by atoms with Crippen molar-refractivity contribution in [3.05, 3.63) is 22.5 Å². The molecule has 6 heteroatoms. The van der Waals surface area contributed by atoms with Crippen LogP contribution in [-0.2, 0) is 9.53 Å². The van der Waals surface area contributed by atoms with Gasteiger partial charge >= 0.3 is 5.97 Å². The summed E-state index contributed by atoms with van der Waals surface area (Å²) in [6, 6.07) is 0. The maximum atomic E-state index is 13.7. The van der Waals surface area contributed by atoms with Gasteiger partial charge in [0.15, 0.2) is 0 Å². The van der Waals surface area contributed by atoms with E-state index in [4.69, 9.17) is 46.0 Å². The highest BCUT2D eigenvalue weighted by Gasteiger charge is 2.62. The maximum absolute atomic E-state index is 13.7. The molecule has 0 amide bonds. The fourth-order valence-corrected chi connectivity index (χ4v) is 2.61. The fraction of sp³-hybridized carbons (Fsp3) is 0.533. The number of rotatable bonds is 6. The molecule has 0 aromatic rings. The Hall–Kier alpha value is -0.690. The summed E-state index contributed by atoms with van der Waals surface area (Å²) in [6.45, 7) is 3.75. The molecule has 1 aliphatic carbocycles. The highest BCUT2D eigenvalue weighted by Crippen LogP contribution is 2.60. The smallest absolute Gasteiger partial charge is 0.311 e. The molecule has 1 rings (SSSR count). The summed E-state index contributed by atoms with van der Waals surface area (Å²) in [5.74, 6) is 0.528. The van der Waals surface area contributed by atoms with Crippen molar-refractivity contribution < 1.29 is 13.9 Å². The van der Waals surface area contributed by atoms with Gasteiger partial charge in [0, 0.05) is 5.88 Å². The molecule has 0 N–H and O–H groups in total. The van der Waals surface area contributed by atoms with Crippen LogP contribution in [0.2, 0.25) is 0 Å². The standard InChI is InChI=1S/C15H16Cl3FO2/c1-4-11(10(19)6-5-7-16)21-14(20)13-9(8-12(17)18)15(13,2)3/h1,6,8-9,11,13H,5,7H2,2-3H3/b10-6-. The Morgan fingerprint density at radius 3 is 2.62 bits per heavy atom. The third-order valence-corrected chi connectivity index (χ3v) is 4.02. The number of terminal acetylenes is 1. The molecule has 0 aliphatic heterocycles. The molecule has 0 heterocycles. The third kappa shape index (κ3) is 4.64. The van der Waals surface area contributed by atoms with Gasteiger partial charge in [0.1, 0.15) is 10.3 Å². The number of ether oxygens (including phenoxy) is 1. The summed E-state index contributed by atoms with van der Waals surface area (Å²) in [6.07, 6.45) is 6.99. The molecule has 0 spiro atoms. The first-order valence-electron chi connectivity index (χ1n) is 6.36. The fourth-order valence-electron chi connectivity index (χ4n) is 2.23. The third-order valence-electron chi connectivity index (χ3n) is 3.55. The summed E-state index contributed by atoms with van der Waals surface area (Å²) in [5.41, 5.74) is -0.346. The quantitative estimate of drug-likeness (QED) is 0.396. The Kier molecular flexibility index (Phi) is 6.59. The van der Waals surface area contributed by atoms with Crippen molar-refractivity contribution in [2.24, 2.45) is 17.3 Å². The Bertz CT molecular complexity index is 502. The topological polar surface area (TPSA) is 26.3 Å². The molecule has 1 aliphatic rings. The zero-order valence-corrected chi connectivity index (χ0v) is 14.0. The average Bonchev–Trinajstić information content (AvgIpc) is 2.93. The highest BCUT2D eigenvalue weighted by molar-refractivity contribution is 6.55. The van der Waals surface area contributed by atoms with Crippen LogP contribution in [0.4, 0.5) is 4.39 Å². The van der Waals surface area contributed by atoms with E-state index in [-0.39, 0.29) is 21.7 Å². The Morgan fingerprint density at radius 1 is 1.52 bits per heavy atom. The number of carbonyl (C=O) groups is 1. The van der Waals surface area contributed by atoms with Crippen molar-refractivity contribution >= 4 is 40.8 Å². The van der Waals surface area contributed by atoms with Crippen LogP contribution in [-0.4, -0.2) is 18.0 Å². The van der Waals surface area contributed by atoms with E-state index >= 15 is 0 Å². The van der Waals surface area contributed by atoms with Gasteiger partial charge in [-0.15, -0.1) is 18.0 Å². The van der Waals surface area contributed by atoms with Gasteiger partial charge in [-0.2, -0.15) is 0 Å². The van der Waals surface area contributed by atoms with Crippen molar-refractivity contribution in [3.8, 4) is 12.3 Å².